The van der Waals surface area contributed by atoms with E-state index in [9.17, 15) is 9.59 Å². The number of amides is 2. The second-order valence-corrected chi connectivity index (χ2v) is 9.05. The van der Waals surface area contributed by atoms with Crippen LogP contribution in [0.3, 0.4) is 0 Å². The Bertz CT molecular complexity index is 1520. The third-order valence-corrected chi connectivity index (χ3v) is 6.59. The molecule has 2 aromatic heterocycles. The monoisotopic (exact) mass is 496 g/mol. The van der Waals surface area contributed by atoms with Crippen molar-refractivity contribution in [3.63, 3.8) is 0 Å². The molecule has 0 saturated carbocycles. The van der Waals surface area contributed by atoms with Crippen molar-refractivity contribution in [3.8, 4) is 22.4 Å². The van der Waals surface area contributed by atoms with Gasteiger partial charge in [0.1, 0.15) is 17.8 Å². The lowest BCUT2D eigenvalue weighted by atomic mass is 9.96. The SMILES string of the molecule is C=CC(=O)Nc1cc(C)ccc1-c1c(-c2ccc(C(=O)NCC3CCO3)cc2)c2c(N)ncnc2n1C. The Morgan fingerprint density at radius 3 is 2.65 bits per heavy atom. The van der Waals surface area contributed by atoms with Crippen molar-refractivity contribution in [1.82, 2.24) is 19.9 Å². The van der Waals surface area contributed by atoms with Gasteiger partial charge in [-0.1, -0.05) is 30.8 Å². The van der Waals surface area contributed by atoms with Gasteiger partial charge in [-0.3, -0.25) is 9.59 Å². The van der Waals surface area contributed by atoms with E-state index in [4.69, 9.17) is 10.5 Å². The molecule has 0 radical (unpaired) electrons. The van der Waals surface area contributed by atoms with Crippen LogP contribution in [-0.4, -0.2) is 45.6 Å². The fraction of sp³-hybridized carbons (Fsp3) is 0.214. The van der Waals surface area contributed by atoms with Crippen molar-refractivity contribution in [2.24, 2.45) is 7.05 Å². The summed E-state index contributed by atoms with van der Waals surface area (Å²) in [6.45, 7) is 6.77. The van der Waals surface area contributed by atoms with E-state index in [0.717, 1.165) is 41.0 Å². The highest BCUT2D eigenvalue weighted by atomic mass is 16.5. The zero-order valence-electron chi connectivity index (χ0n) is 20.7. The first kappa shape index (κ1) is 24.2. The molecule has 1 aliphatic heterocycles. The number of hydrogen-bond acceptors (Lipinski definition) is 6. The lowest BCUT2D eigenvalue weighted by Crippen LogP contribution is -2.39. The van der Waals surface area contributed by atoms with Gasteiger partial charge in [-0.15, -0.1) is 0 Å². The van der Waals surface area contributed by atoms with E-state index in [1.54, 1.807) is 12.1 Å². The van der Waals surface area contributed by atoms with E-state index in [0.29, 0.717) is 34.6 Å². The molecule has 1 fully saturated rings. The Kier molecular flexibility index (Phi) is 6.45. The summed E-state index contributed by atoms with van der Waals surface area (Å²) in [4.78, 5) is 33.6. The Hall–Kier alpha value is -4.50. The maximum Gasteiger partial charge on any atom is 0.251 e. The molecule has 9 heteroatoms. The number of nitrogens with one attached hydrogen (secondary N) is 2. The van der Waals surface area contributed by atoms with Gasteiger partial charge in [0, 0.05) is 36.9 Å². The van der Waals surface area contributed by atoms with Crippen LogP contribution in [0.4, 0.5) is 11.5 Å². The molecule has 4 N–H and O–H groups in total. The summed E-state index contributed by atoms with van der Waals surface area (Å²) < 4.78 is 7.32. The number of ether oxygens (including phenoxy) is 1. The highest BCUT2D eigenvalue weighted by Crippen LogP contribution is 2.43. The average molecular weight is 497 g/mol. The van der Waals surface area contributed by atoms with Gasteiger partial charge >= 0.3 is 0 Å². The number of anilines is 2. The van der Waals surface area contributed by atoms with Crippen LogP contribution in [0.1, 0.15) is 22.3 Å². The Morgan fingerprint density at radius 2 is 1.97 bits per heavy atom. The first-order chi connectivity index (χ1) is 17.9. The average Bonchev–Trinajstić information content (AvgIpc) is 3.16. The van der Waals surface area contributed by atoms with Crippen LogP contribution in [0.25, 0.3) is 33.4 Å². The lowest BCUT2D eigenvalue weighted by molar-refractivity contribution is -0.111. The summed E-state index contributed by atoms with van der Waals surface area (Å²) >= 11 is 0. The van der Waals surface area contributed by atoms with Crippen molar-refractivity contribution in [2.75, 3.05) is 24.2 Å². The van der Waals surface area contributed by atoms with Crippen LogP contribution in [0.15, 0.2) is 61.4 Å². The topological polar surface area (TPSA) is 124 Å². The zero-order valence-corrected chi connectivity index (χ0v) is 20.7. The molecule has 1 aliphatic rings. The predicted octanol–water partition coefficient (Wildman–Crippen LogP) is 3.84. The Morgan fingerprint density at radius 1 is 1.22 bits per heavy atom. The van der Waals surface area contributed by atoms with E-state index < -0.39 is 0 Å². The molecular weight excluding hydrogens is 468 g/mol. The number of hydrogen-bond donors (Lipinski definition) is 3. The normalized spacial score (nSPS) is 14.7. The van der Waals surface area contributed by atoms with Crippen molar-refractivity contribution < 1.29 is 14.3 Å². The van der Waals surface area contributed by atoms with E-state index in [-0.39, 0.29) is 17.9 Å². The van der Waals surface area contributed by atoms with Crippen LogP contribution in [0.5, 0.6) is 0 Å². The summed E-state index contributed by atoms with van der Waals surface area (Å²) in [6.07, 6.45) is 3.72. The molecule has 0 spiro atoms. The Labute approximate surface area is 214 Å². The molecular formula is C28H28N6O3. The fourth-order valence-electron chi connectivity index (χ4n) is 4.57. The molecule has 9 nitrogen and oxygen atoms in total. The third kappa shape index (κ3) is 4.56. The van der Waals surface area contributed by atoms with Gasteiger partial charge in [0.15, 0.2) is 0 Å². The summed E-state index contributed by atoms with van der Waals surface area (Å²) in [5, 5.41) is 6.54. The van der Waals surface area contributed by atoms with Crippen molar-refractivity contribution in [3.05, 3.63) is 72.6 Å². The third-order valence-electron chi connectivity index (χ3n) is 6.59. The number of rotatable bonds is 7. The molecule has 3 heterocycles. The summed E-state index contributed by atoms with van der Waals surface area (Å²) in [7, 11) is 1.90. The number of aryl methyl sites for hydroxylation is 2. The number of nitrogens with two attached hydrogens (primary N) is 1. The number of carbonyl (C=O) groups excluding carboxylic acids is 2. The van der Waals surface area contributed by atoms with Gasteiger partial charge in [-0.2, -0.15) is 0 Å². The molecule has 4 aromatic rings. The number of benzene rings is 2. The molecule has 1 saturated heterocycles. The van der Waals surface area contributed by atoms with Gasteiger partial charge in [-0.05, 0) is 48.7 Å². The van der Waals surface area contributed by atoms with Crippen molar-refractivity contribution >= 4 is 34.4 Å². The van der Waals surface area contributed by atoms with Crippen molar-refractivity contribution in [2.45, 2.75) is 19.4 Å². The number of carbonyl (C=O) groups is 2. The molecule has 37 heavy (non-hydrogen) atoms. The molecule has 0 bridgehead atoms. The summed E-state index contributed by atoms with van der Waals surface area (Å²) in [5.41, 5.74) is 12.4. The largest absolute Gasteiger partial charge is 0.383 e. The Balaban J connectivity index is 1.63. The number of aromatic nitrogens is 3. The summed E-state index contributed by atoms with van der Waals surface area (Å²) in [5.74, 6) is -0.127. The lowest BCUT2D eigenvalue weighted by Gasteiger charge is -2.26. The van der Waals surface area contributed by atoms with Crippen LogP contribution in [-0.2, 0) is 16.6 Å². The molecule has 1 atom stereocenters. The van der Waals surface area contributed by atoms with Crippen LogP contribution in [0.2, 0.25) is 0 Å². The van der Waals surface area contributed by atoms with Gasteiger partial charge < -0.3 is 25.7 Å². The smallest absolute Gasteiger partial charge is 0.251 e. The van der Waals surface area contributed by atoms with E-state index in [1.807, 2.05) is 48.9 Å². The maximum atomic E-state index is 12.6. The second-order valence-electron chi connectivity index (χ2n) is 9.05. The maximum absolute atomic E-state index is 12.6. The predicted molar refractivity (Wildman–Crippen MR) is 144 cm³/mol. The van der Waals surface area contributed by atoms with Crippen LogP contribution >= 0.6 is 0 Å². The molecule has 1 unspecified atom stereocenters. The molecule has 2 aromatic carbocycles. The molecule has 2 amide bonds. The van der Waals surface area contributed by atoms with Crippen molar-refractivity contribution in [1.29, 1.82) is 0 Å². The van der Waals surface area contributed by atoms with Gasteiger partial charge in [0.05, 0.1) is 22.9 Å². The molecule has 0 aliphatic carbocycles. The minimum absolute atomic E-state index is 0.0923. The second kappa shape index (κ2) is 9.87. The zero-order chi connectivity index (χ0) is 26.1. The van der Waals surface area contributed by atoms with Crippen LogP contribution in [0, 0.1) is 6.92 Å². The van der Waals surface area contributed by atoms with E-state index >= 15 is 0 Å². The molecule has 188 valence electrons. The molecule has 5 rings (SSSR count). The van der Waals surface area contributed by atoms with Crippen LogP contribution < -0.4 is 16.4 Å². The van der Waals surface area contributed by atoms with E-state index in [1.165, 1.54) is 12.4 Å². The summed E-state index contributed by atoms with van der Waals surface area (Å²) in [6, 6.07) is 13.2. The fourth-order valence-corrected chi connectivity index (χ4v) is 4.57. The number of nitrogens with zero attached hydrogens (tertiary/aromatic N) is 3. The van der Waals surface area contributed by atoms with Gasteiger partial charge in [0.25, 0.3) is 5.91 Å². The first-order valence-corrected chi connectivity index (χ1v) is 12.0. The quantitative estimate of drug-likeness (QED) is 0.334. The van der Waals surface area contributed by atoms with Gasteiger partial charge in [-0.25, -0.2) is 9.97 Å². The number of nitrogen functional groups attached to an aromatic ring is 1. The highest BCUT2D eigenvalue weighted by Gasteiger charge is 2.24. The van der Waals surface area contributed by atoms with Gasteiger partial charge in [0.2, 0.25) is 5.91 Å². The number of fused-ring (bicyclic) bond motifs is 1. The standard InChI is InChI=1S/C28H28N6O3/c1-4-22(35)33-21-13-16(2)5-10-20(21)25-23(24-26(29)31-15-32-27(24)34(25)3)17-6-8-18(9-7-17)28(36)30-14-19-11-12-37-19/h4-10,13,15,19H,1,11-12,14H2,2-3H3,(H,30,36)(H,33,35)(H2,29,31,32). The highest BCUT2D eigenvalue weighted by molar-refractivity contribution is 6.10. The van der Waals surface area contributed by atoms with E-state index in [2.05, 4.69) is 27.2 Å². The minimum atomic E-state index is -0.311. The first-order valence-electron chi connectivity index (χ1n) is 12.0. The minimum Gasteiger partial charge on any atom is -0.383 e.